The van der Waals surface area contributed by atoms with E-state index in [2.05, 4.69) is 4.98 Å². The van der Waals surface area contributed by atoms with Crippen molar-refractivity contribution >= 4 is 0 Å². The molecule has 0 atom stereocenters. The lowest BCUT2D eigenvalue weighted by Gasteiger charge is -2.17. The van der Waals surface area contributed by atoms with Crippen LogP contribution in [0.25, 0.3) is 0 Å². The van der Waals surface area contributed by atoms with E-state index in [4.69, 9.17) is 10.7 Å². The number of rotatable bonds is 0. The van der Waals surface area contributed by atoms with Gasteiger partial charge in [0.15, 0.2) is 11.2 Å². The van der Waals surface area contributed by atoms with Gasteiger partial charge in [-0.15, -0.1) is 0 Å². The van der Waals surface area contributed by atoms with Crippen molar-refractivity contribution in [1.29, 1.82) is 10.7 Å². The average Bonchev–Trinajstić information content (AvgIpc) is 2.07. The number of hydrogen-bond acceptors (Lipinski definition) is 4. The van der Waals surface area contributed by atoms with Crippen molar-refractivity contribution in [1.82, 2.24) is 9.71 Å². The predicted molar refractivity (Wildman–Crippen MR) is 48.7 cm³/mol. The molecule has 0 saturated heterocycles. The highest BCUT2D eigenvalue weighted by Gasteiger charge is 2.18. The van der Waals surface area contributed by atoms with Crippen LogP contribution in [0.5, 0.6) is 0 Å². The molecule has 0 unspecified atom stereocenters. The minimum absolute atomic E-state index is 0.0695. The van der Waals surface area contributed by atoms with E-state index in [1.807, 2.05) is 20.8 Å². The second-order valence-corrected chi connectivity index (χ2v) is 4.03. The lowest BCUT2D eigenvalue weighted by Crippen LogP contribution is -2.27. The van der Waals surface area contributed by atoms with Gasteiger partial charge in [-0.05, 0) is 0 Å². The molecule has 0 spiro atoms. The Bertz CT molecular complexity index is 447. The Morgan fingerprint density at radius 3 is 2.57 bits per heavy atom. The molecule has 74 valence electrons. The molecule has 0 aliphatic carbocycles. The first-order valence-corrected chi connectivity index (χ1v) is 4.14. The fourth-order valence-electron chi connectivity index (χ4n) is 0.930. The van der Waals surface area contributed by atoms with Gasteiger partial charge in [-0.3, -0.25) is 5.41 Å². The summed E-state index contributed by atoms with van der Waals surface area (Å²) in [6, 6.07) is 1.77. The summed E-state index contributed by atoms with van der Waals surface area (Å²) < 4.78 is 0.617. The Morgan fingerprint density at radius 2 is 2.14 bits per heavy atom. The zero-order valence-electron chi connectivity index (χ0n) is 8.37. The molecule has 0 aliphatic rings. The van der Waals surface area contributed by atoms with Gasteiger partial charge < -0.3 is 5.21 Å². The second kappa shape index (κ2) is 3.14. The van der Waals surface area contributed by atoms with Gasteiger partial charge in [0.25, 0.3) is 0 Å². The molecule has 0 aromatic carbocycles. The molecule has 1 aromatic heterocycles. The van der Waals surface area contributed by atoms with Crippen LogP contribution in [0.15, 0.2) is 6.20 Å². The van der Waals surface area contributed by atoms with E-state index in [-0.39, 0.29) is 16.6 Å². The van der Waals surface area contributed by atoms with Gasteiger partial charge >= 0.3 is 0 Å². The summed E-state index contributed by atoms with van der Waals surface area (Å²) in [6.45, 7) is 5.75. The molecule has 1 rings (SSSR count). The van der Waals surface area contributed by atoms with Crippen molar-refractivity contribution < 1.29 is 5.21 Å². The summed E-state index contributed by atoms with van der Waals surface area (Å²) in [7, 11) is 0. The van der Waals surface area contributed by atoms with Crippen LogP contribution in [-0.2, 0) is 5.41 Å². The van der Waals surface area contributed by atoms with Gasteiger partial charge in [0.05, 0.1) is 11.9 Å². The Morgan fingerprint density at radius 1 is 1.57 bits per heavy atom. The van der Waals surface area contributed by atoms with Crippen molar-refractivity contribution in [2.24, 2.45) is 0 Å². The monoisotopic (exact) mass is 192 g/mol. The topological polar surface area (TPSA) is 85.7 Å². The summed E-state index contributed by atoms with van der Waals surface area (Å²) in [5.74, 6) is 0. The smallest absolute Gasteiger partial charge is 0.197 e. The third-order valence-corrected chi connectivity index (χ3v) is 1.80. The highest BCUT2D eigenvalue weighted by molar-refractivity contribution is 5.20. The number of nitrogens with zero attached hydrogens (tertiary/aromatic N) is 3. The van der Waals surface area contributed by atoms with Crippen LogP contribution >= 0.6 is 0 Å². The molecule has 0 amide bonds. The highest BCUT2D eigenvalue weighted by Crippen LogP contribution is 2.18. The van der Waals surface area contributed by atoms with Crippen LogP contribution < -0.4 is 5.49 Å². The summed E-state index contributed by atoms with van der Waals surface area (Å²) in [5, 5.41) is 25.3. The van der Waals surface area contributed by atoms with Gasteiger partial charge in [-0.25, -0.2) is 4.98 Å². The van der Waals surface area contributed by atoms with E-state index < -0.39 is 0 Å². The van der Waals surface area contributed by atoms with Gasteiger partial charge in [0.1, 0.15) is 6.07 Å². The maximum atomic E-state index is 9.31. The normalized spacial score (nSPS) is 11.0. The molecule has 0 saturated carbocycles. The first-order valence-electron chi connectivity index (χ1n) is 4.14. The predicted octanol–water partition coefficient (Wildman–Crippen LogP) is 0.769. The summed E-state index contributed by atoms with van der Waals surface area (Å²) in [6.07, 6.45) is 1.35. The second-order valence-electron chi connectivity index (χ2n) is 4.03. The van der Waals surface area contributed by atoms with E-state index in [1.165, 1.54) is 6.20 Å². The molecule has 5 heteroatoms. The largest absolute Gasteiger partial charge is 0.427 e. The SMILES string of the molecule is CC(C)(C)c1cn(O)c(=N)c(C#N)n1. The van der Waals surface area contributed by atoms with Crippen LogP contribution in [0.3, 0.4) is 0 Å². The number of hydrogen-bond donors (Lipinski definition) is 2. The van der Waals surface area contributed by atoms with E-state index in [0.717, 1.165) is 0 Å². The van der Waals surface area contributed by atoms with Gasteiger partial charge in [-0.1, -0.05) is 20.8 Å². The Kier molecular flexibility index (Phi) is 2.30. The Hall–Kier alpha value is -1.83. The van der Waals surface area contributed by atoms with Gasteiger partial charge in [-0.2, -0.15) is 9.99 Å². The van der Waals surface area contributed by atoms with Crippen LogP contribution in [0.1, 0.15) is 32.2 Å². The lowest BCUT2D eigenvalue weighted by atomic mass is 9.92. The molecule has 0 fully saturated rings. The van der Waals surface area contributed by atoms with E-state index in [9.17, 15) is 5.21 Å². The molecular formula is C9H12N4O. The van der Waals surface area contributed by atoms with Crippen molar-refractivity contribution in [3.8, 4) is 6.07 Å². The zero-order valence-corrected chi connectivity index (χ0v) is 8.37. The fourth-order valence-corrected chi connectivity index (χ4v) is 0.930. The molecule has 2 N–H and O–H groups in total. The van der Waals surface area contributed by atoms with E-state index in [1.54, 1.807) is 6.07 Å². The Labute approximate surface area is 81.7 Å². The maximum Gasteiger partial charge on any atom is 0.197 e. The fraction of sp³-hybridized carbons (Fsp3) is 0.444. The standard InChI is InChI=1S/C9H12N4O/c1-9(2,3)7-5-13(14)8(11)6(4-10)12-7/h5,11,14H,1-3H3. The Balaban J connectivity index is 3.48. The number of aromatic nitrogens is 2. The van der Waals surface area contributed by atoms with Gasteiger partial charge in [0, 0.05) is 5.41 Å². The third-order valence-electron chi connectivity index (χ3n) is 1.80. The lowest BCUT2D eigenvalue weighted by molar-refractivity contribution is 0.166. The molecule has 0 aliphatic heterocycles. The molecule has 0 radical (unpaired) electrons. The zero-order chi connectivity index (χ0) is 10.9. The molecule has 1 heterocycles. The van der Waals surface area contributed by atoms with Crippen molar-refractivity contribution in [3.63, 3.8) is 0 Å². The van der Waals surface area contributed by atoms with Crippen molar-refractivity contribution in [2.75, 3.05) is 0 Å². The maximum absolute atomic E-state index is 9.31. The highest BCUT2D eigenvalue weighted by atomic mass is 16.5. The molecule has 0 bridgehead atoms. The minimum atomic E-state index is -0.291. The van der Waals surface area contributed by atoms with Crippen LogP contribution in [-0.4, -0.2) is 14.9 Å². The van der Waals surface area contributed by atoms with E-state index >= 15 is 0 Å². The van der Waals surface area contributed by atoms with Crippen molar-refractivity contribution in [3.05, 3.63) is 23.1 Å². The summed E-state index contributed by atoms with van der Waals surface area (Å²) >= 11 is 0. The molecule has 1 aromatic rings. The summed E-state index contributed by atoms with van der Waals surface area (Å²) in [4.78, 5) is 3.99. The van der Waals surface area contributed by atoms with Crippen LogP contribution in [0, 0.1) is 16.7 Å². The molecule has 14 heavy (non-hydrogen) atoms. The van der Waals surface area contributed by atoms with Crippen LogP contribution in [0.2, 0.25) is 0 Å². The molecule has 5 nitrogen and oxygen atoms in total. The quantitative estimate of drug-likeness (QED) is 0.595. The third kappa shape index (κ3) is 1.74. The first kappa shape index (κ1) is 10.3. The number of nitriles is 1. The van der Waals surface area contributed by atoms with Crippen molar-refractivity contribution in [2.45, 2.75) is 26.2 Å². The minimum Gasteiger partial charge on any atom is -0.427 e. The van der Waals surface area contributed by atoms with Gasteiger partial charge in [0.2, 0.25) is 0 Å². The molecular weight excluding hydrogens is 180 g/mol. The van der Waals surface area contributed by atoms with E-state index in [0.29, 0.717) is 10.4 Å². The first-order chi connectivity index (χ1) is 6.36. The number of nitrogens with one attached hydrogen (secondary N) is 1. The average molecular weight is 192 g/mol. The van der Waals surface area contributed by atoms with Crippen LogP contribution in [0.4, 0.5) is 0 Å². The summed E-state index contributed by atoms with van der Waals surface area (Å²) in [5.41, 5.74) is -0.0444.